The first-order valence-electron chi connectivity index (χ1n) is 9.38. The first-order chi connectivity index (χ1) is 15.0. The maximum Gasteiger partial charge on any atom is 0.338 e. The van der Waals surface area contributed by atoms with Crippen LogP contribution in [0, 0.1) is 10.1 Å². The van der Waals surface area contributed by atoms with Crippen LogP contribution in [-0.2, 0) is 17.9 Å². The van der Waals surface area contributed by atoms with Crippen LogP contribution in [0.2, 0.25) is 0 Å². The van der Waals surface area contributed by atoms with Crippen molar-refractivity contribution >= 4 is 17.6 Å². The minimum atomic E-state index is -0.758. The summed E-state index contributed by atoms with van der Waals surface area (Å²) >= 11 is 0. The summed E-state index contributed by atoms with van der Waals surface area (Å²) in [4.78, 5) is 34.6. The van der Waals surface area contributed by atoms with Gasteiger partial charge in [0, 0.05) is 24.2 Å². The van der Waals surface area contributed by atoms with E-state index in [4.69, 9.17) is 4.74 Å². The van der Waals surface area contributed by atoms with Gasteiger partial charge in [0.2, 0.25) is 0 Å². The molecule has 0 heterocycles. The lowest BCUT2D eigenvalue weighted by Crippen LogP contribution is -2.23. The van der Waals surface area contributed by atoms with E-state index in [9.17, 15) is 19.7 Å². The van der Waals surface area contributed by atoms with Crippen LogP contribution < -0.4 is 10.1 Å². The summed E-state index contributed by atoms with van der Waals surface area (Å²) in [5.41, 5.74) is 1.39. The molecule has 0 atom stereocenters. The molecule has 0 spiro atoms. The van der Waals surface area contributed by atoms with Gasteiger partial charge < -0.3 is 14.8 Å². The zero-order valence-electron chi connectivity index (χ0n) is 16.7. The Morgan fingerprint density at radius 3 is 2.23 bits per heavy atom. The lowest BCUT2D eigenvalue weighted by Gasteiger charge is -2.09. The number of hydrogen-bond acceptors (Lipinski definition) is 6. The van der Waals surface area contributed by atoms with Gasteiger partial charge in [-0.25, -0.2) is 4.79 Å². The van der Waals surface area contributed by atoms with Crippen LogP contribution >= 0.6 is 0 Å². The van der Waals surface area contributed by atoms with Crippen molar-refractivity contribution in [3.8, 4) is 5.75 Å². The molecule has 158 valence electrons. The highest BCUT2D eigenvalue weighted by atomic mass is 16.6. The molecule has 0 saturated heterocycles. The van der Waals surface area contributed by atoms with E-state index in [1.54, 1.807) is 0 Å². The minimum Gasteiger partial charge on any atom is -0.489 e. The van der Waals surface area contributed by atoms with Crippen LogP contribution in [0.1, 0.15) is 31.8 Å². The Bertz CT molecular complexity index is 1080. The first kappa shape index (κ1) is 21.5. The number of non-ortho nitro benzene ring substituents is 1. The lowest BCUT2D eigenvalue weighted by atomic mass is 10.1. The van der Waals surface area contributed by atoms with E-state index in [0.717, 1.165) is 36.1 Å². The fourth-order valence-corrected chi connectivity index (χ4v) is 2.80. The number of carbonyl (C=O) groups excluding carboxylic acids is 2. The second-order valence-electron chi connectivity index (χ2n) is 6.62. The molecule has 3 aromatic rings. The largest absolute Gasteiger partial charge is 0.489 e. The number of benzene rings is 3. The van der Waals surface area contributed by atoms with Gasteiger partial charge in [-0.1, -0.05) is 42.5 Å². The second kappa shape index (κ2) is 10.0. The molecule has 1 N–H and O–H groups in total. The van der Waals surface area contributed by atoms with E-state index in [2.05, 4.69) is 10.1 Å². The van der Waals surface area contributed by atoms with Crippen molar-refractivity contribution in [3.63, 3.8) is 0 Å². The number of methoxy groups -OCH3 is 1. The standard InChI is InChI=1S/C23H20N2O6/c1-30-23(27)19-11-18(12-20(13-19)25(28)29)22(26)24-14-16-7-9-17(10-8-16)15-31-21-5-3-2-4-6-21/h2-13H,14-15H2,1H3,(H,24,26). The van der Waals surface area contributed by atoms with Crippen LogP contribution in [0.5, 0.6) is 5.75 Å². The third-order valence-corrected chi connectivity index (χ3v) is 4.44. The molecule has 0 saturated carbocycles. The van der Waals surface area contributed by atoms with Crippen molar-refractivity contribution < 1.29 is 24.0 Å². The van der Waals surface area contributed by atoms with Crippen LogP contribution in [0.3, 0.4) is 0 Å². The maximum atomic E-state index is 12.5. The molecule has 0 aliphatic carbocycles. The van der Waals surface area contributed by atoms with Crippen molar-refractivity contribution in [2.24, 2.45) is 0 Å². The smallest absolute Gasteiger partial charge is 0.338 e. The number of ether oxygens (including phenoxy) is 2. The Balaban J connectivity index is 1.62. The number of amides is 1. The summed E-state index contributed by atoms with van der Waals surface area (Å²) in [6, 6.07) is 20.4. The molecule has 0 unspecified atom stereocenters. The Morgan fingerprint density at radius 1 is 0.935 bits per heavy atom. The van der Waals surface area contributed by atoms with Crippen molar-refractivity contribution in [2.45, 2.75) is 13.2 Å². The average Bonchev–Trinajstić information content (AvgIpc) is 2.81. The predicted octanol–water partition coefficient (Wildman–Crippen LogP) is 3.89. The number of carbonyl (C=O) groups is 2. The zero-order valence-corrected chi connectivity index (χ0v) is 16.7. The van der Waals surface area contributed by atoms with Gasteiger partial charge in [0.25, 0.3) is 11.6 Å². The van der Waals surface area contributed by atoms with E-state index in [0.29, 0.717) is 6.61 Å². The molecular formula is C23H20N2O6. The highest BCUT2D eigenvalue weighted by Crippen LogP contribution is 2.18. The van der Waals surface area contributed by atoms with Gasteiger partial charge in [0.15, 0.2) is 0 Å². The van der Waals surface area contributed by atoms with Crippen LogP contribution in [0.25, 0.3) is 0 Å². The molecule has 0 aliphatic heterocycles. The van der Waals surface area contributed by atoms with E-state index in [1.807, 2.05) is 54.6 Å². The van der Waals surface area contributed by atoms with Gasteiger partial charge in [0.05, 0.1) is 17.6 Å². The molecule has 0 fully saturated rings. The lowest BCUT2D eigenvalue weighted by molar-refractivity contribution is -0.384. The Labute approximate surface area is 178 Å². The molecule has 8 heteroatoms. The number of nitro benzene ring substituents is 1. The Kier molecular flexibility index (Phi) is 6.95. The molecule has 3 aromatic carbocycles. The highest BCUT2D eigenvalue weighted by molar-refractivity contribution is 5.98. The van der Waals surface area contributed by atoms with Gasteiger partial charge in [-0.2, -0.15) is 0 Å². The van der Waals surface area contributed by atoms with Crippen molar-refractivity contribution in [1.29, 1.82) is 0 Å². The monoisotopic (exact) mass is 420 g/mol. The first-order valence-corrected chi connectivity index (χ1v) is 9.38. The number of nitrogens with zero attached hydrogens (tertiary/aromatic N) is 1. The molecule has 8 nitrogen and oxygen atoms in total. The minimum absolute atomic E-state index is 0.00230. The fourth-order valence-electron chi connectivity index (χ4n) is 2.80. The highest BCUT2D eigenvalue weighted by Gasteiger charge is 2.18. The number of nitro groups is 1. The number of hydrogen-bond donors (Lipinski definition) is 1. The second-order valence-corrected chi connectivity index (χ2v) is 6.62. The quantitative estimate of drug-likeness (QED) is 0.336. The maximum absolute atomic E-state index is 12.5. The van der Waals surface area contributed by atoms with Crippen molar-refractivity contribution in [2.75, 3.05) is 7.11 Å². The fraction of sp³-hybridized carbons (Fsp3) is 0.130. The molecule has 0 bridgehead atoms. The van der Waals surface area contributed by atoms with Gasteiger partial charge in [-0.05, 0) is 29.3 Å². The van der Waals surface area contributed by atoms with Crippen molar-refractivity contribution in [1.82, 2.24) is 5.32 Å². The Hall–Kier alpha value is -4.20. The van der Waals surface area contributed by atoms with E-state index < -0.39 is 16.8 Å². The zero-order chi connectivity index (χ0) is 22.2. The summed E-state index contributed by atoms with van der Waals surface area (Å²) in [6.45, 7) is 0.634. The molecule has 0 aliphatic rings. The molecule has 1 amide bonds. The number of rotatable bonds is 8. The third kappa shape index (κ3) is 5.89. The summed E-state index contributed by atoms with van der Waals surface area (Å²) < 4.78 is 10.3. The van der Waals surface area contributed by atoms with E-state index in [1.165, 1.54) is 6.07 Å². The molecule has 0 aromatic heterocycles. The van der Waals surface area contributed by atoms with Crippen molar-refractivity contribution in [3.05, 3.63) is 105 Å². The van der Waals surface area contributed by atoms with E-state index in [-0.39, 0.29) is 23.4 Å². The Morgan fingerprint density at radius 2 is 1.58 bits per heavy atom. The topological polar surface area (TPSA) is 108 Å². The van der Waals surface area contributed by atoms with Crippen LogP contribution in [0.4, 0.5) is 5.69 Å². The number of para-hydroxylation sites is 1. The SMILES string of the molecule is COC(=O)c1cc(C(=O)NCc2ccc(COc3ccccc3)cc2)cc([N+](=O)[O-])c1. The number of nitrogens with one attached hydrogen (secondary N) is 1. The van der Waals surface area contributed by atoms with Gasteiger partial charge in [-0.3, -0.25) is 14.9 Å². The summed E-state index contributed by atoms with van der Waals surface area (Å²) in [6.07, 6.45) is 0. The summed E-state index contributed by atoms with van der Waals surface area (Å²) in [5.74, 6) is -0.515. The van der Waals surface area contributed by atoms with Gasteiger partial charge in [0.1, 0.15) is 12.4 Å². The molecule has 31 heavy (non-hydrogen) atoms. The van der Waals surface area contributed by atoms with Crippen LogP contribution in [0.15, 0.2) is 72.8 Å². The van der Waals surface area contributed by atoms with Gasteiger partial charge in [-0.15, -0.1) is 0 Å². The normalized spacial score (nSPS) is 10.2. The van der Waals surface area contributed by atoms with Gasteiger partial charge >= 0.3 is 5.97 Å². The average molecular weight is 420 g/mol. The number of esters is 1. The summed E-state index contributed by atoms with van der Waals surface area (Å²) in [5, 5.41) is 13.8. The predicted molar refractivity (Wildman–Crippen MR) is 113 cm³/mol. The van der Waals surface area contributed by atoms with E-state index >= 15 is 0 Å². The van der Waals surface area contributed by atoms with Crippen LogP contribution in [-0.4, -0.2) is 23.9 Å². The molecule has 3 rings (SSSR count). The third-order valence-electron chi connectivity index (χ3n) is 4.44. The molecule has 0 radical (unpaired) electrons. The molecular weight excluding hydrogens is 400 g/mol. The summed E-state index contributed by atoms with van der Waals surface area (Å²) in [7, 11) is 1.16.